The van der Waals surface area contributed by atoms with Gasteiger partial charge in [0.1, 0.15) is 5.69 Å². The van der Waals surface area contributed by atoms with Crippen LogP contribution in [0.4, 0.5) is 5.69 Å². The molecule has 0 atom stereocenters. The van der Waals surface area contributed by atoms with E-state index in [1.54, 1.807) is 37.1 Å². The standard InChI is InChI=1S/C17H19N5O2/c1-4-13-12(9-22(3)21-13)16(23)19-11-5-6-14-10(7-11)8-15(20-14)17(24)18-2/h5-9,20H,4H2,1-3H3,(H,18,24)(H,19,23). The number of nitrogens with zero attached hydrogens (tertiary/aromatic N) is 2. The minimum Gasteiger partial charge on any atom is -0.354 e. The summed E-state index contributed by atoms with van der Waals surface area (Å²) in [7, 11) is 3.38. The Labute approximate surface area is 139 Å². The van der Waals surface area contributed by atoms with E-state index in [1.165, 1.54) is 0 Å². The van der Waals surface area contributed by atoms with E-state index < -0.39 is 0 Å². The Bertz CT molecular complexity index is 922. The second kappa shape index (κ2) is 6.19. The second-order valence-corrected chi connectivity index (χ2v) is 5.53. The number of anilines is 1. The Morgan fingerprint density at radius 3 is 2.75 bits per heavy atom. The molecule has 3 N–H and O–H groups in total. The van der Waals surface area contributed by atoms with Crippen molar-refractivity contribution in [2.24, 2.45) is 7.05 Å². The molecule has 0 saturated heterocycles. The molecule has 3 rings (SSSR count). The van der Waals surface area contributed by atoms with E-state index in [-0.39, 0.29) is 11.8 Å². The van der Waals surface area contributed by atoms with E-state index in [0.717, 1.165) is 16.6 Å². The Balaban J connectivity index is 1.87. The molecule has 0 spiro atoms. The molecule has 2 aromatic heterocycles. The molecule has 0 fully saturated rings. The van der Waals surface area contributed by atoms with Gasteiger partial charge in [-0.25, -0.2) is 0 Å². The predicted octanol–water partition coefficient (Wildman–Crippen LogP) is 2.08. The van der Waals surface area contributed by atoms with Gasteiger partial charge >= 0.3 is 0 Å². The number of aromatic amines is 1. The summed E-state index contributed by atoms with van der Waals surface area (Å²) in [6.45, 7) is 1.96. The Morgan fingerprint density at radius 2 is 2.04 bits per heavy atom. The number of hydrogen-bond donors (Lipinski definition) is 3. The number of benzene rings is 1. The summed E-state index contributed by atoms with van der Waals surface area (Å²) in [5.74, 6) is -0.374. The van der Waals surface area contributed by atoms with Crippen molar-refractivity contribution in [3.8, 4) is 0 Å². The number of aryl methyl sites for hydroxylation is 2. The van der Waals surface area contributed by atoms with Crippen LogP contribution in [0.2, 0.25) is 0 Å². The van der Waals surface area contributed by atoms with Gasteiger partial charge < -0.3 is 15.6 Å². The third-order valence-electron chi connectivity index (χ3n) is 3.84. The first-order valence-electron chi connectivity index (χ1n) is 7.70. The van der Waals surface area contributed by atoms with Crippen molar-refractivity contribution in [1.29, 1.82) is 0 Å². The van der Waals surface area contributed by atoms with E-state index in [2.05, 4.69) is 20.7 Å². The summed E-state index contributed by atoms with van der Waals surface area (Å²) in [5, 5.41) is 10.6. The fourth-order valence-electron chi connectivity index (χ4n) is 2.65. The van der Waals surface area contributed by atoms with Crippen LogP contribution in [0, 0.1) is 0 Å². The van der Waals surface area contributed by atoms with Crippen LogP contribution in [0.5, 0.6) is 0 Å². The van der Waals surface area contributed by atoms with Gasteiger partial charge in [-0.05, 0) is 30.7 Å². The molecule has 3 aromatic rings. The number of hydrogen-bond acceptors (Lipinski definition) is 3. The molecular weight excluding hydrogens is 306 g/mol. The fraction of sp³-hybridized carbons (Fsp3) is 0.235. The van der Waals surface area contributed by atoms with Crippen molar-refractivity contribution in [1.82, 2.24) is 20.1 Å². The van der Waals surface area contributed by atoms with Gasteiger partial charge in [0, 0.05) is 36.9 Å². The van der Waals surface area contributed by atoms with Crippen molar-refractivity contribution in [2.75, 3.05) is 12.4 Å². The van der Waals surface area contributed by atoms with Crippen LogP contribution in [-0.4, -0.2) is 33.6 Å². The highest BCUT2D eigenvalue weighted by Crippen LogP contribution is 2.21. The third-order valence-corrected chi connectivity index (χ3v) is 3.84. The summed E-state index contributed by atoms with van der Waals surface area (Å²) >= 11 is 0. The molecule has 2 heterocycles. The normalized spacial score (nSPS) is 10.8. The smallest absolute Gasteiger partial charge is 0.267 e. The van der Waals surface area contributed by atoms with Crippen LogP contribution in [0.25, 0.3) is 10.9 Å². The van der Waals surface area contributed by atoms with Crippen molar-refractivity contribution >= 4 is 28.4 Å². The first-order valence-corrected chi connectivity index (χ1v) is 7.70. The van der Waals surface area contributed by atoms with Gasteiger partial charge in [-0.1, -0.05) is 6.92 Å². The molecule has 0 aliphatic heterocycles. The Morgan fingerprint density at radius 1 is 1.25 bits per heavy atom. The zero-order valence-electron chi connectivity index (χ0n) is 13.8. The van der Waals surface area contributed by atoms with Gasteiger partial charge in [0.2, 0.25) is 0 Å². The average Bonchev–Trinajstić information content (AvgIpc) is 3.16. The molecule has 0 unspecified atom stereocenters. The lowest BCUT2D eigenvalue weighted by Gasteiger charge is -2.05. The predicted molar refractivity (Wildman–Crippen MR) is 92.2 cm³/mol. The molecule has 124 valence electrons. The molecule has 0 aliphatic carbocycles. The number of aromatic nitrogens is 3. The number of rotatable bonds is 4. The molecule has 1 aromatic carbocycles. The zero-order valence-corrected chi connectivity index (χ0v) is 13.8. The topological polar surface area (TPSA) is 91.8 Å². The highest BCUT2D eigenvalue weighted by molar-refractivity contribution is 6.06. The van der Waals surface area contributed by atoms with E-state index in [9.17, 15) is 9.59 Å². The van der Waals surface area contributed by atoms with Crippen LogP contribution in [0.15, 0.2) is 30.5 Å². The van der Waals surface area contributed by atoms with Crippen LogP contribution >= 0.6 is 0 Å². The molecule has 0 saturated carbocycles. The minimum absolute atomic E-state index is 0.181. The van der Waals surface area contributed by atoms with E-state index in [1.807, 2.05) is 19.1 Å². The molecule has 0 bridgehead atoms. The average molecular weight is 325 g/mol. The summed E-state index contributed by atoms with van der Waals surface area (Å²) in [4.78, 5) is 27.2. The maximum Gasteiger partial charge on any atom is 0.267 e. The first-order chi connectivity index (χ1) is 11.5. The molecule has 7 nitrogen and oxygen atoms in total. The number of carbonyl (C=O) groups is 2. The zero-order chi connectivity index (χ0) is 17.3. The van der Waals surface area contributed by atoms with Gasteiger partial charge in [0.25, 0.3) is 11.8 Å². The minimum atomic E-state index is -0.193. The van der Waals surface area contributed by atoms with Crippen molar-refractivity contribution < 1.29 is 9.59 Å². The van der Waals surface area contributed by atoms with Gasteiger partial charge in [-0.15, -0.1) is 0 Å². The van der Waals surface area contributed by atoms with E-state index in [4.69, 9.17) is 0 Å². The quantitative estimate of drug-likeness (QED) is 0.686. The lowest BCUT2D eigenvalue weighted by molar-refractivity contribution is 0.0958. The SMILES string of the molecule is CCc1nn(C)cc1C(=O)Nc1ccc2[nH]c(C(=O)NC)cc2c1. The third kappa shape index (κ3) is 2.88. The number of carbonyl (C=O) groups excluding carboxylic acids is 2. The van der Waals surface area contributed by atoms with Crippen LogP contribution < -0.4 is 10.6 Å². The Hall–Kier alpha value is -3.09. The number of fused-ring (bicyclic) bond motifs is 1. The molecule has 2 amide bonds. The maximum atomic E-state index is 12.5. The highest BCUT2D eigenvalue weighted by atomic mass is 16.2. The summed E-state index contributed by atoms with van der Waals surface area (Å²) in [6, 6.07) is 7.22. The largest absolute Gasteiger partial charge is 0.354 e. The second-order valence-electron chi connectivity index (χ2n) is 5.53. The lowest BCUT2D eigenvalue weighted by Crippen LogP contribution is -2.17. The molecule has 7 heteroatoms. The fourth-order valence-corrected chi connectivity index (χ4v) is 2.65. The lowest BCUT2D eigenvalue weighted by atomic mass is 10.2. The Kier molecular flexibility index (Phi) is 4.07. The first kappa shape index (κ1) is 15.8. The summed E-state index contributed by atoms with van der Waals surface area (Å²) < 4.78 is 1.64. The molecular formula is C17H19N5O2. The highest BCUT2D eigenvalue weighted by Gasteiger charge is 2.15. The maximum absolute atomic E-state index is 12.5. The summed E-state index contributed by atoms with van der Waals surface area (Å²) in [5.41, 5.74) is 3.32. The van der Waals surface area contributed by atoms with Gasteiger partial charge in [-0.3, -0.25) is 14.3 Å². The van der Waals surface area contributed by atoms with Crippen LogP contribution in [0.1, 0.15) is 33.5 Å². The van der Waals surface area contributed by atoms with Crippen molar-refractivity contribution in [2.45, 2.75) is 13.3 Å². The van der Waals surface area contributed by atoms with Crippen LogP contribution in [-0.2, 0) is 13.5 Å². The van der Waals surface area contributed by atoms with Gasteiger partial charge in [-0.2, -0.15) is 5.10 Å². The monoisotopic (exact) mass is 325 g/mol. The van der Waals surface area contributed by atoms with Crippen molar-refractivity contribution in [3.63, 3.8) is 0 Å². The van der Waals surface area contributed by atoms with Gasteiger partial charge in [0.15, 0.2) is 0 Å². The number of H-pyrrole nitrogens is 1. The van der Waals surface area contributed by atoms with Crippen LogP contribution in [0.3, 0.4) is 0 Å². The van der Waals surface area contributed by atoms with Crippen molar-refractivity contribution in [3.05, 3.63) is 47.4 Å². The molecule has 0 radical (unpaired) electrons. The molecule has 0 aliphatic rings. The number of amides is 2. The van der Waals surface area contributed by atoms with E-state index in [0.29, 0.717) is 23.4 Å². The van der Waals surface area contributed by atoms with E-state index >= 15 is 0 Å². The number of nitrogens with one attached hydrogen (secondary N) is 3. The summed E-state index contributed by atoms with van der Waals surface area (Å²) in [6.07, 6.45) is 2.41. The van der Waals surface area contributed by atoms with Gasteiger partial charge in [0.05, 0.1) is 11.3 Å². The molecule has 24 heavy (non-hydrogen) atoms.